The fraction of sp³-hybridized carbons (Fsp3) is 0.308. The normalized spacial score (nSPS) is 12.4. The molecule has 0 fully saturated rings. The van der Waals surface area contributed by atoms with E-state index in [4.69, 9.17) is 10.5 Å². The highest BCUT2D eigenvalue weighted by molar-refractivity contribution is 7.80. The first-order chi connectivity index (χ1) is 9.38. The zero-order valence-corrected chi connectivity index (χ0v) is 12.5. The molecule has 0 saturated heterocycles. The number of carbonyl (C=O) groups is 1. The highest BCUT2D eigenvalue weighted by atomic mass is 32.1. The Balaban J connectivity index is 2.61. The largest absolute Gasteiger partial charge is 0.485 e. The van der Waals surface area contributed by atoms with Crippen LogP contribution in [0.25, 0.3) is 0 Å². The second kappa shape index (κ2) is 7.44. The van der Waals surface area contributed by atoms with Gasteiger partial charge in [-0.25, -0.2) is 0 Å². The number of nitrogens with zero attached hydrogens (tertiary/aromatic N) is 1. The second-order valence-corrected chi connectivity index (χ2v) is 4.63. The lowest BCUT2D eigenvalue weighted by molar-refractivity contribution is -0.114. The van der Waals surface area contributed by atoms with Gasteiger partial charge in [-0.2, -0.15) is 5.10 Å². The van der Waals surface area contributed by atoms with Crippen molar-refractivity contribution >= 4 is 34.6 Å². The molecule has 0 aliphatic rings. The summed E-state index contributed by atoms with van der Waals surface area (Å²) >= 11 is 4.66. The van der Waals surface area contributed by atoms with Crippen LogP contribution in [0.3, 0.4) is 0 Å². The van der Waals surface area contributed by atoms with Crippen LogP contribution in [0.2, 0.25) is 0 Å². The van der Waals surface area contributed by atoms with Crippen LogP contribution < -0.4 is 21.2 Å². The van der Waals surface area contributed by atoms with Crippen LogP contribution in [-0.2, 0) is 4.79 Å². The SMILES string of the molecule is CC(=O)Nc1ccc(OC(C)/C(C)=N/NC(N)=S)cc1. The third kappa shape index (κ3) is 5.66. The summed E-state index contributed by atoms with van der Waals surface area (Å²) in [4.78, 5) is 10.9. The highest BCUT2D eigenvalue weighted by Crippen LogP contribution is 2.17. The van der Waals surface area contributed by atoms with Gasteiger partial charge in [-0.1, -0.05) is 0 Å². The summed E-state index contributed by atoms with van der Waals surface area (Å²) in [5, 5.41) is 6.79. The maximum Gasteiger partial charge on any atom is 0.221 e. The summed E-state index contributed by atoms with van der Waals surface area (Å²) in [6, 6.07) is 7.08. The van der Waals surface area contributed by atoms with Crippen molar-refractivity contribution in [2.75, 3.05) is 5.32 Å². The van der Waals surface area contributed by atoms with E-state index in [1.54, 1.807) is 24.3 Å². The monoisotopic (exact) mass is 294 g/mol. The minimum absolute atomic E-state index is 0.108. The maximum absolute atomic E-state index is 10.9. The molecule has 0 saturated carbocycles. The third-order valence-electron chi connectivity index (χ3n) is 2.42. The van der Waals surface area contributed by atoms with E-state index in [9.17, 15) is 4.79 Å². The molecule has 20 heavy (non-hydrogen) atoms. The Labute approximate surface area is 123 Å². The van der Waals surface area contributed by atoms with Crippen molar-refractivity contribution in [1.82, 2.24) is 5.43 Å². The Morgan fingerprint density at radius 1 is 1.35 bits per heavy atom. The van der Waals surface area contributed by atoms with Crippen molar-refractivity contribution in [1.29, 1.82) is 0 Å². The van der Waals surface area contributed by atoms with Gasteiger partial charge in [-0.3, -0.25) is 10.2 Å². The number of thiocarbonyl (C=S) groups is 1. The minimum Gasteiger partial charge on any atom is -0.485 e. The van der Waals surface area contributed by atoms with Crippen molar-refractivity contribution in [2.24, 2.45) is 10.8 Å². The van der Waals surface area contributed by atoms with Crippen molar-refractivity contribution in [3.8, 4) is 5.75 Å². The summed E-state index contributed by atoms with van der Waals surface area (Å²) in [6.45, 7) is 5.13. The van der Waals surface area contributed by atoms with Crippen LogP contribution >= 0.6 is 12.2 Å². The van der Waals surface area contributed by atoms with Crippen LogP contribution in [0, 0.1) is 0 Å². The maximum atomic E-state index is 10.9. The van der Waals surface area contributed by atoms with Crippen molar-refractivity contribution in [2.45, 2.75) is 26.9 Å². The number of hydrogen-bond acceptors (Lipinski definition) is 4. The Morgan fingerprint density at radius 2 is 1.95 bits per heavy atom. The van der Waals surface area contributed by atoms with E-state index in [1.807, 2.05) is 13.8 Å². The standard InChI is InChI=1S/C13H18N4O2S/c1-8(16-17-13(14)20)9(2)19-12-6-4-11(5-7-12)15-10(3)18/h4-7,9H,1-3H3,(H,15,18)(H3,14,17,20)/b16-8+. The van der Waals surface area contributed by atoms with Gasteiger partial charge in [0.2, 0.25) is 5.91 Å². The van der Waals surface area contributed by atoms with Crippen molar-refractivity contribution < 1.29 is 9.53 Å². The molecule has 1 amide bonds. The molecule has 1 rings (SSSR count). The Morgan fingerprint density at radius 3 is 2.45 bits per heavy atom. The number of benzene rings is 1. The van der Waals surface area contributed by atoms with Crippen LogP contribution in [0.15, 0.2) is 29.4 Å². The van der Waals surface area contributed by atoms with Gasteiger partial charge in [-0.15, -0.1) is 0 Å². The molecule has 0 bridgehead atoms. The minimum atomic E-state index is -0.233. The average Bonchev–Trinajstić information content (AvgIpc) is 2.37. The number of hydrogen-bond donors (Lipinski definition) is 3. The first-order valence-electron chi connectivity index (χ1n) is 6.02. The lowest BCUT2D eigenvalue weighted by Crippen LogP contribution is -2.29. The van der Waals surface area contributed by atoms with E-state index in [0.717, 1.165) is 5.69 Å². The molecule has 0 heterocycles. The molecule has 1 aromatic rings. The van der Waals surface area contributed by atoms with E-state index in [2.05, 4.69) is 28.1 Å². The zero-order chi connectivity index (χ0) is 15.1. The van der Waals surface area contributed by atoms with Crippen LogP contribution in [-0.4, -0.2) is 22.8 Å². The number of amides is 1. The van der Waals surface area contributed by atoms with Gasteiger partial charge in [0.1, 0.15) is 11.9 Å². The van der Waals surface area contributed by atoms with Crippen LogP contribution in [0.4, 0.5) is 5.69 Å². The van der Waals surface area contributed by atoms with Gasteiger partial charge < -0.3 is 15.8 Å². The fourth-order valence-electron chi connectivity index (χ4n) is 1.34. The number of nitrogens with two attached hydrogens (primary N) is 1. The first kappa shape index (κ1) is 15.9. The molecule has 1 atom stereocenters. The first-order valence-corrected chi connectivity index (χ1v) is 6.43. The van der Waals surface area contributed by atoms with Crippen molar-refractivity contribution in [3.05, 3.63) is 24.3 Å². The summed E-state index contributed by atoms with van der Waals surface area (Å²) in [5.74, 6) is 0.565. The van der Waals surface area contributed by atoms with E-state index in [1.165, 1.54) is 6.92 Å². The number of nitrogens with one attached hydrogen (secondary N) is 2. The molecule has 0 radical (unpaired) electrons. The molecule has 1 aromatic carbocycles. The Kier molecular flexibility index (Phi) is 5.92. The van der Waals surface area contributed by atoms with Crippen LogP contribution in [0.1, 0.15) is 20.8 Å². The number of ether oxygens (including phenoxy) is 1. The molecule has 1 unspecified atom stereocenters. The lowest BCUT2D eigenvalue weighted by atomic mass is 10.2. The molecule has 0 aromatic heterocycles. The lowest BCUT2D eigenvalue weighted by Gasteiger charge is -2.15. The summed E-state index contributed by atoms with van der Waals surface area (Å²) in [5.41, 5.74) is 9.23. The zero-order valence-electron chi connectivity index (χ0n) is 11.6. The Bertz CT molecular complexity index is 514. The molecule has 0 aliphatic carbocycles. The molecular formula is C13H18N4O2S. The smallest absolute Gasteiger partial charge is 0.221 e. The van der Waals surface area contributed by atoms with E-state index >= 15 is 0 Å². The molecule has 4 N–H and O–H groups in total. The summed E-state index contributed by atoms with van der Waals surface area (Å²) < 4.78 is 5.70. The molecule has 108 valence electrons. The van der Waals surface area contributed by atoms with E-state index < -0.39 is 0 Å². The average molecular weight is 294 g/mol. The fourth-order valence-corrected chi connectivity index (χ4v) is 1.39. The predicted octanol–water partition coefficient (Wildman–Crippen LogP) is 1.62. The third-order valence-corrected chi connectivity index (χ3v) is 2.51. The molecule has 7 heteroatoms. The second-order valence-electron chi connectivity index (χ2n) is 4.19. The van der Waals surface area contributed by atoms with Gasteiger partial charge in [0.25, 0.3) is 0 Å². The van der Waals surface area contributed by atoms with E-state index in [-0.39, 0.29) is 17.1 Å². The van der Waals surface area contributed by atoms with E-state index in [0.29, 0.717) is 11.5 Å². The van der Waals surface area contributed by atoms with Gasteiger partial charge in [0.15, 0.2) is 5.11 Å². The number of anilines is 1. The topological polar surface area (TPSA) is 88.7 Å². The molecule has 6 nitrogen and oxygen atoms in total. The van der Waals surface area contributed by atoms with Gasteiger partial charge in [0, 0.05) is 12.6 Å². The molecular weight excluding hydrogens is 276 g/mol. The Hall–Kier alpha value is -2.15. The van der Waals surface area contributed by atoms with Gasteiger partial charge >= 0.3 is 0 Å². The molecule has 0 spiro atoms. The van der Waals surface area contributed by atoms with Gasteiger partial charge in [-0.05, 0) is 50.3 Å². The number of carbonyl (C=O) groups excluding carboxylic acids is 1. The quantitative estimate of drug-likeness (QED) is 0.436. The summed E-state index contributed by atoms with van der Waals surface area (Å²) in [7, 11) is 0. The highest BCUT2D eigenvalue weighted by Gasteiger charge is 2.08. The van der Waals surface area contributed by atoms with Crippen LogP contribution in [0.5, 0.6) is 5.75 Å². The predicted molar refractivity (Wildman–Crippen MR) is 83.9 cm³/mol. The number of rotatable bonds is 5. The number of hydrazone groups is 1. The summed E-state index contributed by atoms with van der Waals surface area (Å²) in [6.07, 6.45) is -0.233. The van der Waals surface area contributed by atoms with Crippen molar-refractivity contribution in [3.63, 3.8) is 0 Å². The van der Waals surface area contributed by atoms with Gasteiger partial charge in [0.05, 0.1) is 5.71 Å². The molecule has 0 aliphatic heterocycles.